The van der Waals surface area contributed by atoms with Gasteiger partial charge in [-0.1, -0.05) is 11.3 Å². The topological polar surface area (TPSA) is 131 Å². The maximum Gasteiger partial charge on any atom is 0.254 e. The molecule has 0 spiro atoms. The molecule has 2 N–H and O–H groups in total. The average molecular weight is 566 g/mol. The lowest BCUT2D eigenvalue weighted by atomic mass is 10.1. The molecular formula is C28H35N7O4S. The molecule has 212 valence electrons. The molecule has 1 aliphatic heterocycles. The molecule has 0 unspecified atom stereocenters. The van der Waals surface area contributed by atoms with Gasteiger partial charge in [-0.15, -0.1) is 5.10 Å². The van der Waals surface area contributed by atoms with Crippen LogP contribution in [0.5, 0.6) is 5.75 Å². The van der Waals surface area contributed by atoms with Crippen molar-refractivity contribution in [1.82, 2.24) is 35.5 Å². The van der Waals surface area contributed by atoms with Gasteiger partial charge in [0.1, 0.15) is 17.5 Å². The van der Waals surface area contributed by atoms with Crippen molar-refractivity contribution in [2.75, 3.05) is 31.7 Å². The first-order valence-corrected chi connectivity index (χ1v) is 14.7. The Hall–Kier alpha value is -3.93. The summed E-state index contributed by atoms with van der Waals surface area (Å²) in [4.78, 5) is 45.3. The Balaban J connectivity index is 1.54. The van der Waals surface area contributed by atoms with Crippen LogP contribution in [0.3, 0.4) is 0 Å². The van der Waals surface area contributed by atoms with Crippen molar-refractivity contribution in [3.05, 3.63) is 71.3 Å². The van der Waals surface area contributed by atoms with Gasteiger partial charge >= 0.3 is 0 Å². The number of fused-ring (bicyclic) bond motifs is 4. The summed E-state index contributed by atoms with van der Waals surface area (Å²) in [5.41, 5.74) is 2.46. The fourth-order valence-electron chi connectivity index (χ4n) is 4.34. The van der Waals surface area contributed by atoms with Gasteiger partial charge in [-0.25, -0.2) is 0 Å². The fraction of sp³-hybridized carbons (Fsp3) is 0.429. The lowest BCUT2D eigenvalue weighted by Crippen LogP contribution is -2.47. The molecule has 3 heterocycles. The molecule has 0 aliphatic carbocycles. The lowest BCUT2D eigenvalue weighted by molar-refractivity contribution is -0.123. The number of hydrogen-bond donors (Lipinski definition) is 2. The number of rotatable bonds is 4. The van der Waals surface area contributed by atoms with Crippen molar-refractivity contribution in [2.24, 2.45) is 0 Å². The number of pyridine rings is 1. The number of carbonyl (C=O) groups is 3. The van der Waals surface area contributed by atoms with E-state index in [4.69, 9.17) is 4.74 Å². The standard InChI is InChI=1S/C28H35N7O4S/c1-20-5-6-23-17-24(20)26(36)31-25(9-16-40-2)27(37)30-10-3-13-34(28(38)21-7-11-29-12-8-21)18-22-19-35(33-32-22)14-4-15-39-23/h5-8,11-12,17,19,25H,3-4,9-10,13-16,18H2,1-2H3,(H,30,37)(H,31,36)/t25-/m0/s1. The Labute approximate surface area is 238 Å². The van der Waals surface area contributed by atoms with Crippen LogP contribution in [0.15, 0.2) is 48.9 Å². The molecule has 4 rings (SSSR count). The molecule has 0 saturated heterocycles. The molecule has 1 atom stereocenters. The van der Waals surface area contributed by atoms with Gasteiger partial charge in [-0.2, -0.15) is 11.8 Å². The molecule has 40 heavy (non-hydrogen) atoms. The van der Waals surface area contributed by atoms with Crippen molar-refractivity contribution in [3.63, 3.8) is 0 Å². The third kappa shape index (κ3) is 8.04. The zero-order valence-corrected chi connectivity index (χ0v) is 23.7. The van der Waals surface area contributed by atoms with Crippen LogP contribution in [0.25, 0.3) is 0 Å². The van der Waals surface area contributed by atoms with Crippen LogP contribution in [0, 0.1) is 6.92 Å². The number of nitrogens with one attached hydrogen (secondary N) is 2. The number of amides is 3. The van der Waals surface area contributed by atoms with Gasteiger partial charge in [-0.3, -0.25) is 24.0 Å². The monoisotopic (exact) mass is 565 g/mol. The van der Waals surface area contributed by atoms with Crippen LogP contribution < -0.4 is 15.4 Å². The van der Waals surface area contributed by atoms with Crippen molar-refractivity contribution in [2.45, 2.75) is 45.3 Å². The Morgan fingerprint density at radius 3 is 2.77 bits per heavy atom. The number of benzene rings is 1. The van der Waals surface area contributed by atoms with Crippen molar-refractivity contribution in [1.29, 1.82) is 0 Å². The highest BCUT2D eigenvalue weighted by molar-refractivity contribution is 7.98. The third-order valence-electron chi connectivity index (χ3n) is 6.54. The number of thioether (sulfide) groups is 1. The first kappa shape index (κ1) is 29.1. The van der Waals surface area contributed by atoms with Crippen LogP contribution >= 0.6 is 11.8 Å². The van der Waals surface area contributed by atoms with E-state index in [0.717, 1.165) is 11.3 Å². The van der Waals surface area contributed by atoms with E-state index in [-0.39, 0.29) is 24.3 Å². The molecule has 1 aromatic carbocycles. The second kappa shape index (κ2) is 14.5. The minimum absolute atomic E-state index is 0.152. The van der Waals surface area contributed by atoms with E-state index < -0.39 is 6.04 Å². The third-order valence-corrected chi connectivity index (χ3v) is 7.19. The molecular weight excluding hydrogens is 530 g/mol. The van der Waals surface area contributed by atoms with Gasteiger partial charge in [0.2, 0.25) is 5.91 Å². The molecule has 2 aromatic heterocycles. The van der Waals surface area contributed by atoms with E-state index in [0.29, 0.717) is 68.1 Å². The molecule has 0 radical (unpaired) electrons. The van der Waals surface area contributed by atoms with Crippen LogP contribution in [-0.4, -0.2) is 80.3 Å². The molecule has 0 saturated carbocycles. The summed E-state index contributed by atoms with van der Waals surface area (Å²) in [6, 6.07) is 8.06. The second-order valence-electron chi connectivity index (χ2n) is 9.57. The molecule has 0 fully saturated rings. The molecule has 3 aromatic rings. The van der Waals surface area contributed by atoms with Gasteiger partial charge in [-0.05, 0) is 61.6 Å². The highest BCUT2D eigenvalue weighted by atomic mass is 32.2. The Kier molecular flexibility index (Phi) is 10.5. The summed E-state index contributed by atoms with van der Waals surface area (Å²) in [5, 5.41) is 14.3. The van der Waals surface area contributed by atoms with Crippen molar-refractivity contribution < 1.29 is 19.1 Å². The quantitative estimate of drug-likeness (QED) is 0.493. The van der Waals surface area contributed by atoms with Crippen molar-refractivity contribution in [3.8, 4) is 5.75 Å². The van der Waals surface area contributed by atoms with Gasteiger partial charge in [0.05, 0.1) is 19.3 Å². The van der Waals surface area contributed by atoms with E-state index >= 15 is 0 Å². The maximum atomic E-state index is 13.3. The zero-order valence-electron chi connectivity index (χ0n) is 22.8. The summed E-state index contributed by atoms with van der Waals surface area (Å²) in [5.74, 6) is 0.579. The fourth-order valence-corrected chi connectivity index (χ4v) is 4.81. The Bertz CT molecular complexity index is 1300. The second-order valence-corrected chi connectivity index (χ2v) is 10.6. The molecule has 1 aliphatic rings. The number of ether oxygens (including phenoxy) is 1. The predicted octanol–water partition coefficient (Wildman–Crippen LogP) is 2.46. The molecule has 3 amide bonds. The predicted molar refractivity (Wildman–Crippen MR) is 152 cm³/mol. The molecule has 11 nitrogen and oxygen atoms in total. The van der Waals surface area contributed by atoms with Gasteiger partial charge in [0, 0.05) is 49.6 Å². The first-order chi connectivity index (χ1) is 19.4. The first-order valence-electron chi connectivity index (χ1n) is 13.3. The van der Waals surface area contributed by atoms with Crippen LogP contribution in [0.4, 0.5) is 0 Å². The van der Waals surface area contributed by atoms with Crippen LogP contribution in [0.1, 0.15) is 51.2 Å². The van der Waals surface area contributed by atoms with E-state index in [2.05, 4.69) is 25.9 Å². The van der Waals surface area contributed by atoms with Gasteiger partial charge in [0.15, 0.2) is 0 Å². The van der Waals surface area contributed by atoms with E-state index in [1.807, 2.05) is 31.5 Å². The van der Waals surface area contributed by atoms with E-state index in [9.17, 15) is 14.4 Å². The SMILES string of the molecule is CSCC[C@@H]1NC(=O)c2cc(ccc2C)OCCCn2cc(nn2)CN(C(=O)c2ccncc2)CCCNC1=O. The number of carbonyl (C=O) groups excluding carboxylic acids is 3. The minimum atomic E-state index is -0.681. The number of aryl methyl sites for hydroxylation is 2. The summed E-state index contributed by atoms with van der Waals surface area (Å²) < 4.78 is 7.64. The zero-order chi connectivity index (χ0) is 28.3. The number of aromatic nitrogens is 4. The van der Waals surface area contributed by atoms with E-state index in [1.54, 1.807) is 51.9 Å². The largest absolute Gasteiger partial charge is 0.494 e. The normalized spacial score (nSPS) is 17.4. The summed E-state index contributed by atoms with van der Waals surface area (Å²) >= 11 is 1.61. The maximum absolute atomic E-state index is 13.3. The highest BCUT2D eigenvalue weighted by Crippen LogP contribution is 2.19. The summed E-state index contributed by atoms with van der Waals surface area (Å²) in [6.07, 6.45) is 8.66. The van der Waals surface area contributed by atoms with E-state index in [1.165, 1.54) is 0 Å². The minimum Gasteiger partial charge on any atom is -0.494 e. The summed E-state index contributed by atoms with van der Waals surface area (Å²) in [6.45, 7) is 3.90. The Morgan fingerprint density at radius 1 is 1.15 bits per heavy atom. The van der Waals surface area contributed by atoms with Gasteiger partial charge in [0.25, 0.3) is 11.8 Å². The van der Waals surface area contributed by atoms with Crippen LogP contribution in [-0.2, 0) is 17.9 Å². The Morgan fingerprint density at radius 2 is 1.98 bits per heavy atom. The number of hydrogen-bond acceptors (Lipinski definition) is 8. The lowest BCUT2D eigenvalue weighted by Gasteiger charge is -2.23. The molecule has 4 bridgehead atoms. The smallest absolute Gasteiger partial charge is 0.254 e. The molecule has 12 heteroatoms. The number of nitrogens with zero attached hydrogens (tertiary/aromatic N) is 5. The van der Waals surface area contributed by atoms with Crippen LogP contribution in [0.2, 0.25) is 0 Å². The summed E-state index contributed by atoms with van der Waals surface area (Å²) in [7, 11) is 0. The van der Waals surface area contributed by atoms with Gasteiger partial charge < -0.3 is 20.3 Å². The highest BCUT2D eigenvalue weighted by Gasteiger charge is 2.23. The average Bonchev–Trinajstić information content (AvgIpc) is 3.42. The van der Waals surface area contributed by atoms with Crippen molar-refractivity contribution >= 4 is 29.5 Å².